The first-order chi connectivity index (χ1) is 14.8. The minimum atomic E-state index is -0.484. The molecule has 1 amide bonds. The van der Waals surface area contributed by atoms with Crippen LogP contribution >= 0.6 is 0 Å². The molecule has 3 rings (SSSR count). The number of aliphatic hydroxyl groups excluding tert-OH is 1. The summed E-state index contributed by atoms with van der Waals surface area (Å²) in [6.07, 6.45) is 1.57. The molecule has 1 aromatic heterocycles. The fourth-order valence-corrected chi connectivity index (χ4v) is 3.49. The molecule has 1 unspecified atom stereocenters. The van der Waals surface area contributed by atoms with E-state index in [0.29, 0.717) is 25.3 Å². The van der Waals surface area contributed by atoms with Gasteiger partial charge in [-0.15, -0.1) is 0 Å². The molecule has 1 saturated heterocycles. The van der Waals surface area contributed by atoms with E-state index in [4.69, 9.17) is 4.74 Å². The number of β-amino-alcohol motifs (C(OH)–C–C–N with tert-alkyl or cyclic N) is 1. The zero-order valence-corrected chi connectivity index (χ0v) is 18.8. The molecule has 168 valence electrons. The lowest BCUT2D eigenvalue weighted by Crippen LogP contribution is -2.49. The Morgan fingerprint density at radius 1 is 1.13 bits per heavy atom. The molecule has 2 heterocycles. The molecule has 1 aromatic carbocycles. The van der Waals surface area contributed by atoms with Gasteiger partial charge < -0.3 is 20.1 Å². The first kappa shape index (κ1) is 23.2. The third-order valence-corrected chi connectivity index (χ3v) is 5.11. The van der Waals surface area contributed by atoms with E-state index in [1.165, 1.54) is 0 Å². The summed E-state index contributed by atoms with van der Waals surface area (Å²) in [5.41, 5.74) is 1.45. The van der Waals surface area contributed by atoms with Gasteiger partial charge in [0.05, 0.1) is 36.6 Å². The van der Waals surface area contributed by atoms with Gasteiger partial charge in [-0.3, -0.25) is 9.69 Å². The Morgan fingerprint density at radius 3 is 2.45 bits per heavy atom. The van der Waals surface area contributed by atoms with E-state index >= 15 is 0 Å². The van der Waals surface area contributed by atoms with Crippen LogP contribution in [-0.2, 0) is 16.0 Å². The number of nitrogens with zero attached hydrogens (tertiary/aromatic N) is 3. The second-order valence-corrected chi connectivity index (χ2v) is 8.98. The van der Waals surface area contributed by atoms with Crippen molar-refractivity contribution >= 4 is 17.4 Å². The summed E-state index contributed by atoms with van der Waals surface area (Å²) in [4.78, 5) is 21.2. The van der Waals surface area contributed by atoms with Gasteiger partial charge in [0.15, 0.2) is 0 Å². The number of benzene rings is 1. The van der Waals surface area contributed by atoms with Crippen molar-refractivity contribution in [3.63, 3.8) is 0 Å². The number of hydrogen-bond acceptors (Lipinski definition) is 6. The zero-order valence-electron chi connectivity index (χ0n) is 18.8. The Balaban J connectivity index is 1.42. The molecule has 0 bridgehead atoms. The van der Waals surface area contributed by atoms with Crippen LogP contribution in [0.25, 0.3) is 0 Å². The number of ether oxygens (including phenoxy) is 1. The van der Waals surface area contributed by atoms with Crippen molar-refractivity contribution in [2.45, 2.75) is 38.9 Å². The summed E-state index contributed by atoms with van der Waals surface area (Å²) in [5.74, 6) is 0.848. The molecule has 7 heteroatoms. The molecule has 0 spiro atoms. The highest BCUT2D eigenvalue weighted by Crippen LogP contribution is 2.17. The normalized spacial score (nSPS) is 16.2. The van der Waals surface area contributed by atoms with E-state index in [2.05, 4.69) is 20.1 Å². The van der Waals surface area contributed by atoms with Crippen molar-refractivity contribution < 1.29 is 14.6 Å². The van der Waals surface area contributed by atoms with Crippen LogP contribution < -0.4 is 10.2 Å². The monoisotopic (exact) mass is 426 g/mol. The Labute approximate surface area is 185 Å². The van der Waals surface area contributed by atoms with E-state index in [0.717, 1.165) is 37.6 Å². The van der Waals surface area contributed by atoms with Gasteiger partial charge in [0.1, 0.15) is 5.82 Å². The van der Waals surface area contributed by atoms with Crippen molar-refractivity contribution in [3.05, 3.63) is 54.2 Å². The first-order valence-electron chi connectivity index (χ1n) is 10.9. The van der Waals surface area contributed by atoms with Crippen LogP contribution in [0.5, 0.6) is 0 Å². The van der Waals surface area contributed by atoms with Gasteiger partial charge in [0, 0.05) is 32.7 Å². The average molecular weight is 427 g/mol. The van der Waals surface area contributed by atoms with E-state index in [1.54, 1.807) is 6.20 Å². The Kier molecular flexibility index (Phi) is 8.01. The molecular weight excluding hydrogens is 392 g/mol. The number of carbonyl (C=O) groups excluding carboxylic acids is 1. The second kappa shape index (κ2) is 10.7. The molecule has 2 aromatic rings. The third-order valence-electron chi connectivity index (χ3n) is 5.11. The first-order valence-corrected chi connectivity index (χ1v) is 10.9. The van der Waals surface area contributed by atoms with Gasteiger partial charge in [-0.05, 0) is 38.5 Å². The van der Waals surface area contributed by atoms with Gasteiger partial charge in [0.2, 0.25) is 5.91 Å². The maximum atomic E-state index is 12.2. The second-order valence-electron chi connectivity index (χ2n) is 8.98. The predicted octanol–water partition coefficient (Wildman–Crippen LogP) is 2.56. The summed E-state index contributed by atoms with van der Waals surface area (Å²) >= 11 is 0. The van der Waals surface area contributed by atoms with E-state index in [-0.39, 0.29) is 11.5 Å². The summed E-state index contributed by atoms with van der Waals surface area (Å²) in [6, 6.07) is 13.5. The maximum Gasteiger partial charge on any atom is 0.228 e. The SMILES string of the molecule is CC(C)(C)OCC(O)CN1CCN(c2ccc(NC(=O)Cc3ccccc3)cn2)CC1. The number of carbonyl (C=O) groups is 1. The summed E-state index contributed by atoms with van der Waals surface area (Å²) in [6.45, 7) is 10.4. The van der Waals surface area contributed by atoms with Crippen LogP contribution in [0.1, 0.15) is 26.3 Å². The van der Waals surface area contributed by atoms with E-state index in [9.17, 15) is 9.90 Å². The average Bonchev–Trinajstić information content (AvgIpc) is 2.74. The number of piperazine rings is 1. The summed E-state index contributed by atoms with van der Waals surface area (Å²) in [5, 5.41) is 13.1. The quantitative estimate of drug-likeness (QED) is 0.676. The Hall–Kier alpha value is -2.48. The molecule has 1 aliphatic rings. The van der Waals surface area contributed by atoms with Crippen molar-refractivity contribution in [2.24, 2.45) is 0 Å². The fraction of sp³-hybridized carbons (Fsp3) is 0.500. The predicted molar refractivity (Wildman–Crippen MR) is 123 cm³/mol. The van der Waals surface area contributed by atoms with Crippen LogP contribution in [0.15, 0.2) is 48.7 Å². The van der Waals surface area contributed by atoms with Crippen molar-refractivity contribution in [1.82, 2.24) is 9.88 Å². The molecule has 0 saturated carbocycles. The molecule has 1 atom stereocenters. The third kappa shape index (κ3) is 7.94. The van der Waals surface area contributed by atoms with Crippen LogP contribution in [0.4, 0.5) is 11.5 Å². The minimum Gasteiger partial charge on any atom is -0.389 e. The molecular formula is C24H34N4O3. The smallest absolute Gasteiger partial charge is 0.228 e. The van der Waals surface area contributed by atoms with E-state index in [1.807, 2.05) is 63.2 Å². The standard InChI is InChI=1S/C24H34N4O3/c1-24(2,3)31-18-21(29)17-27-11-13-28(14-12-27)22-10-9-20(16-25-22)26-23(30)15-19-7-5-4-6-8-19/h4-10,16,21,29H,11-15,17-18H2,1-3H3,(H,26,30). The Bertz CT molecular complexity index is 813. The van der Waals surface area contributed by atoms with Gasteiger partial charge >= 0.3 is 0 Å². The number of pyridine rings is 1. The van der Waals surface area contributed by atoms with Gasteiger partial charge in [-0.1, -0.05) is 30.3 Å². The molecule has 1 aliphatic heterocycles. The molecule has 31 heavy (non-hydrogen) atoms. The van der Waals surface area contributed by atoms with Crippen LogP contribution in [-0.4, -0.2) is 71.9 Å². The highest BCUT2D eigenvalue weighted by molar-refractivity contribution is 5.92. The molecule has 0 aliphatic carbocycles. The highest BCUT2D eigenvalue weighted by Gasteiger charge is 2.21. The van der Waals surface area contributed by atoms with Crippen molar-refractivity contribution in [1.29, 1.82) is 0 Å². The van der Waals surface area contributed by atoms with Crippen molar-refractivity contribution in [3.8, 4) is 0 Å². The lowest BCUT2D eigenvalue weighted by Gasteiger charge is -2.36. The topological polar surface area (TPSA) is 77.9 Å². The molecule has 7 nitrogen and oxygen atoms in total. The zero-order chi connectivity index (χ0) is 22.3. The summed E-state index contributed by atoms with van der Waals surface area (Å²) in [7, 11) is 0. The summed E-state index contributed by atoms with van der Waals surface area (Å²) < 4.78 is 5.67. The number of hydrogen-bond donors (Lipinski definition) is 2. The number of amides is 1. The maximum absolute atomic E-state index is 12.2. The minimum absolute atomic E-state index is 0.0524. The van der Waals surface area contributed by atoms with E-state index < -0.39 is 6.10 Å². The van der Waals surface area contributed by atoms with Crippen LogP contribution in [0, 0.1) is 0 Å². The highest BCUT2D eigenvalue weighted by atomic mass is 16.5. The Morgan fingerprint density at radius 2 is 1.84 bits per heavy atom. The fourth-order valence-electron chi connectivity index (χ4n) is 3.49. The number of aliphatic hydroxyl groups is 1. The lowest BCUT2D eigenvalue weighted by atomic mass is 10.1. The largest absolute Gasteiger partial charge is 0.389 e. The number of anilines is 2. The number of nitrogens with one attached hydrogen (secondary N) is 1. The van der Waals surface area contributed by atoms with Crippen molar-refractivity contribution in [2.75, 3.05) is 49.5 Å². The lowest BCUT2D eigenvalue weighted by molar-refractivity contribution is -0.115. The van der Waals surface area contributed by atoms with Crippen LogP contribution in [0.2, 0.25) is 0 Å². The van der Waals surface area contributed by atoms with Gasteiger partial charge in [0.25, 0.3) is 0 Å². The van der Waals surface area contributed by atoms with Crippen LogP contribution in [0.3, 0.4) is 0 Å². The molecule has 1 fully saturated rings. The number of rotatable bonds is 8. The van der Waals surface area contributed by atoms with Gasteiger partial charge in [-0.2, -0.15) is 0 Å². The number of aromatic nitrogens is 1. The molecule has 2 N–H and O–H groups in total. The van der Waals surface area contributed by atoms with Gasteiger partial charge in [-0.25, -0.2) is 4.98 Å². The molecule has 0 radical (unpaired) electrons.